The van der Waals surface area contributed by atoms with Gasteiger partial charge in [0.05, 0.1) is 23.7 Å². The number of aromatic nitrogens is 1. The van der Waals surface area contributed by atoms with Crippen LogP contribution in [-0.2, 0) is 9.47 Å². The molecular formula is C13H17N3O5. The number of anilines is 1. The van der Waals surface area contributed by atoms with Crippen molar-refractivity contribution in [2.75, 3.05) is 32.2 Å². The summed E-state index contributed by atoms with van der Waals surface area (Å²) >= 11 is 0. The molecule has 1 aliphatic heterocycles. The third-order valence-corrected chi connectivity index (χ3v) is 3.33. The highest BCUT2D eigenvalue weighted by molar-refractivity contribution is 5.90. The van der Waals surface area contributed by atoms with Gasteiger partial charge in [-0.25, -0.2) is 9.78 Å². The number of pyridine rings is 1. The first-order valence-electron chi connectivity index (χ1n) is 6.58. The van der Waals surface area contributed by atoms with Crippen molar-refractivity contribution >= 4 is 17.5 Å². The molecule has 0 amide bonds. The molecule has 0 N–H and O–H groups in total. The van der Waals surface area contributed by atoms with Crippen molar-refractivity contribution in [3.63, 3.8) is 0 Å². The highest BCUT2D eigenvalue weighted by Crippen LogP contribution is 2.27. The summed E-state index contributed by atoms with van der Waals surface area (Å²) < 4.78 is 10.1. The van der Waals surface area contributed by atoms with E-state index in [1.165, 1.54) is 19.4 Å². The molecule has 0 aromatic carbocycles. The molecule has 0 radical (unpaired) electrons. The number of nitro groups is 1. The van der Waals surface area contributed by atoms with Crippen LogP contribution in [0.3, 0.4) is 0 Å². The van der Waals surface area contributed by atoms with Gasteiger partial charge in [-0.05, 0) is 12.8 Å². The molecule has 1 aromatic rings. The van der Waals surface area contributed by atoms with Gasteiger partial charge in [-0.3, -0.25) is 10.1 Å². The van der Waals surface area contributed by atoms with E-state index in [1.807, 2.05) is 0 Å². The number of carbonyl (C=O) groups is 1. The van der Waals surface area contributed by atoms with Gasteiger partial charge in [0.25, 0.3) is 0 Å². The summed E-state index contributed by atoms with van der Waals surface area (Å²) in [5, 5.41) is 11.2. The van der Waals surface area contributed by atoms with Gasteiger partial charge in [0, 0.05) is 32.5 Å². The van der Waals surface area contributed by atoms with Gasteiger partial charge >= 0.3 is 11.7 Å². The fraction of sp³-hybridized carbons (Fsp3) is 0.538. The third kappa shape index (κ3) is 3.46. The van der Waals surface area contributed by atoms with Crippen LogP contribution in [0, 0.1) is 10.1 Å². The molecule has 21 heavy (non-hydrogen) atoms. The molecule has 2 rings (SSSR count). The van der Waals surface area contributed by atoms with E-state index in [2.05, 4.69) is 9.72 Å². The first-order valence-corrected chi connectivity index (χ1v) is 6.58. The molecule has 2 heterocycles. The first-order chi connectivity index (χ1) is 10.0. The summed E-state index contributed by atoms with van der Waals surface area (Å²) in [6.45, 7) is 1.24. The van der Waals surface area contributed by atoms with Crippen LogP contribution in [0.25, 0.3) is 0 Å². The lowest BCUT2D eigenvalue weighted by Gasteiger charge is -2.21. The van der Waals surface area contributed by atoms with Crippen LogP contribution in [-0.4, -0.2) is 49.3 Å². The Labute approximate surface area is 121 Å². The van der Waals surface area contributed by atoms with Crippen molar-refractivity contribution < 1.29 is 19.2 Å². The van der Waals surface area contributed by atoms with E-state index >= 15 is 0 Å². The zero-order valence-corrected chi connectivity index (χ0v) is 11.9. The Balaban J connectivity index is 2.24. The third-order valence-electron chi connectivity index (χ3n) is 3.33. The molecule has 1 atom stereocenters. The Bertz CT molecular complexity index is 543. The maximum absolute atomic E-state index is 11.4. The minimum atomic E-state index is -0.654. The highest BCUT2D eigenvalue weighted by Gasteiger charge is 2.25. The van der Waals surface area contributed by atoms with Crippen LogP contribution >= 0.6 is 0 Å². The number of methoxy groups -OCH3 is 1. The summed E-state index contributed by atoms with van der Waals surface area (Å²) in [5.74, 6) is -0.443. The van der Waals surface area contributed by atoms with E-state index in [0.717, 1.165) is 19.4 Å². The Kier molecular flexibility index (Phi) is 4.69. The monoisotopic (exact) mass is 295 g/mol. The molecule has 0 saturated carbocycles. The van der Waals surface area contributed by atoms with Gasteiger partial charge < -0.3 is 14.4 Å². The van der Waals surface area contributed by atoms with Gasteiger partial charge in [0.2, 0.25) is 5.82 Å². The van der Waals surface area contributed by atoms with E-state index < -0.39 is 10.9 Å². The zero-order valence-electron chi connectivity index (χ0n) is 11.9. The van der Waals surface area contributed by atoms with Crippen LogP contribution in [0.1, 0.15) is 23.2 Å². The molecule has 0 spiro atoms. The Hall–Kier alpha value is -2.22. The molecule has 114 valence electrons. The predicted octanol–water partition coefficient (Wildman–Crippen LogP) is 1.39. The van der Waals surface area contributed by atoms with Crippen molar-refractivity contribution in [2.24, 2.45) is 0 Å². The summed E-state index contributed by atoms with van der Waals surface area (Å²) in [6.07, 6.45) is 3.25. The molecule has 1 saturated heterocycles. The van der Waals surface area contributed by atoms with Crippen LogP contribution in [0.4, 0.5) is 11.5 Å². The van der Waals surface area contributed by atoms with E-state index in [4.69, 9.17) is 4.74 Å². The SMILES string of the molecule is COC(=O)c1cnc(N(C)CC2CCCO2)c([N+](=O)[O-])c1. The van der Waals surface area contributed by atoms with Crippen LogP contribution in [0.5, 0.6) is 0 Å². The second-order valence-corrected chi connectivity index (χ2v) is 4.83. The van der Waals surface area contributed by atoms with Crippen molar-refractivity contribution in [3.05, 3.63) is 27.9 Å². The summed E-state index contributed by atoms with van der Waals surface area (Å²) in [5.41, 5.74) is -0.170. The number of rotatable bonds is 5. The number of carbonyl (C=O) groups excluding carboxylic acids is 1. The molecule has 8 nitrogen and oxygen atoms in total. The Morgan fingerprint density at radius 1 is 1.67 bits per heavy atom. The van der Waals surface area contributed by atoms with Gasteiger partial charge in [0.1, 0.15) is 0 Å². The average Bonchev–Trinajstić information content (AvgIpc) is 2.98. The fourth-order valence-corrected chi connectivity index (χ4v) is 2.28. The standard InChI is InChI=1S/C13H17N3O5/c1-15(8-10-4-3-5-21-10)12-11(16(18)19)6-9(7-14-12)13(17)20-2/h6-7,10H,3-5,8H2,1-2H3. The maximum Gasteiger partial charge on any atom is 0.339 e. The van der Waals surface area contributed by atoms with E-state index in [-0.39, 0.29) is 23.2 Å². The molecule has 1 aliphatic rings. The topological polar surface area (TPSA) is 94.8 Å². The van der Waals surface area contributed by atoms with Crippen molar-refractivity contribution in [1.82, 2.24) is 4.98 Å². The van der Waals surface area contributed by atoms with E-state index in [1.54, 1.807) is 11.9 Å². The molecule has 1 unspecified atom stereocenters. The second-order valence-electron chi connectivity index (χ2n) is 4.83. The van der Waals surface area contributed by atoms with Gasteiger partial charge in [-0.1, -0.05) is 0 Å². The quantitative estimate of drug-likeness (QED) is 0.460. The van der Waals surface area contributed by atoms with Gasteiger partial charge in [0.15, 0.2) is 0 Å². The number of likely N-dealkylation sites (N-methyl/N-ethyl adjacent to an activating group) is 1. The lowest BCUT2D eigenvalue weighted by Crippen LogP contribution is -2.29. The zero-order chi connectivity index (χ0) is 15.4. The first kappa shape index (κ1) is 15.2. The molecule has 1 fully saturated rings. The Morgan fingerprint density at radius 3 is 3.00 bits per heavy atom. The molecule has 1 aromatic heterocycles. The van der Waals surface area contributed by atoms with Crippen molar-refractivity contribution in [2.45, 2.75) is 18.9 Å². The largest absolute Gasteiger partial charge is 0.465 e. The summed E-state index contributed by atoms with van der Waals surface area (Å²) in [6, 6.07) is 1.18. The molecule has 0 bridgehead atoms. The summed E-state index contributed by atoms with van der Waals surface area (Å²) in [4.78, 5) is 27.8. The van der Waals surface area contributed by atoms with Crippen LogP contribution in [0.2, 0.25) is 0 Å². The lowest BCUT2D eigenvalue weighted by molar-refractivity contribution is -0.384. The number of nitrogens with zero attached hydrogens (tertiary/aromatic N) is 3. The number of esters is 1. The van der Waals surface area contributed by atoms with Crippen molar-refractivity contribution in [3.8, 4) is 0 Å². The second kappa shape index (κ2) is 6.49. The Morgan fingerprint density at radius 2 is 2.43 bits per heavy atom. The lowest BCUT2D eigenvalue weighted by atomic mass is 10.2. The predicted molar refractivity (Wildman–Crippen MR) is 74.5 cm³/mol. The number of hydrogen-bond donors (Lipinski definition) is 0. The maximum atomic E-state index is 11.4. The minimum Gasteiger partial charge on any atom is -0.465 e. The molecule has 0 aliphatic carbocycles. The summed E-state index contributed by atoms with van der Waals surface area (Å²) in [7, 11) is 2.93. The number of ether oxygens (including phenoxy) is 2. The van der Waals surface area contributed by atoms with Crippen molar-refractivity contribution in [1.29, 1.82) is 0 Å². The fourth-order valence-electron chi connectivity index (χ4n) is 2.28. The smallest absolute Gasteiger partial charge is 0.339 e. The highest BCUT2D eigenvalue weighted by atomic mass is 16.6. The van der Waals surface area contributed by atoms with Crippen LogP contribution in [0.15, 0.2) is 12.3 Å². The van der Waals surface area contributed by atoms with Gasteiger partial charge in [-0.2, -0.15) is 0 Å². The average molecular weight is 295 g/mol. The number of hydrogen-bond acceptors (Lipinski definition) is 7. The van der Waals surface area contributed by atoms with E-state index in [9.17, 15) is 14.9 Å². The molecular weight excluding hydrogens is 278 g/mol. The van der Waals surface area contributed by atoms with Gasteiger partial charge in [-0.15, -0.1) is 0 Å². The normalized spacial score (nSPS) is 17.5. The van der Waals surface area contributed by atoms with E-state index in [0.29, 0.717) is 6.54 Å². The van der Waals surface area contributed by atoms with Crippen LogP contribution < -0.4 is 4.90 Å². The minimum absolute atomic E-state index is 0.0525. The molecule has 8 heteroatoms.